The van der Waals surface area contributed by atoms with Crippen molar-refractivity contribution in [2.75, 3.05) is 13.7 Å². The van der Waals surface area contributed by atoms with E-state index in [1.165, 1.54) is 12.7 Å². The predicted molar refractivity (Wildman–Crippen MR) is 70.6 cm³/mol. The van der Waals surface area contributed by atoms with Gasteiger partial charge in [0, 0.05) is 18.1 Å². The fourth-order valence-electron chi connectivity index (χ4n) is 2.04. The van der Waals surface area contributed by atoms with E-state index in [9.17, 15) is 4.79 Å². The fourth-order valence-corrected chi connectivity index (χ4v) is 2.04. The number of fused-ring (bicyclic) bond motifs is 1. The Kier molecular flexibility index (Phi) is 3.70. The van der Waals surface area contributed by atoms with Crippen LogP contribution in [0, 0.1) is 0 Å². The summed E-state index contributed by atoms with van der Waals surface area (Å²) < 4.78 is 10.3. The summed E-state index contributed by atoms with van der Waals surface area (Å²) in [5.74, 6) is 0.991. The lowest BCUT2D eigenvalue weighted by Gasteiger charge is -2.21. The first-order valence-electron chi connectivity index (χ1n) is 6.17. The molecule has 0 radical (unpaired) electrons. The Bertz CT molecular complexity index is 487. The summed E-state index contributed by atoms with van der Waals surface area (Å²) in [7, 11) is 1.39. The number of carbonyl (C=O) groups is 1. The number of hydrogen-bond acceptors (Lipinski definition) is 3. The molecule has 0 bridgehead atoms. The number of benzene rings is 1. The van der Waals surface area contributed by atoms with Crippen molar-refractivity contribution in [1.29, 1.82) is 0 Å². The van der Waals surface area contributed by atoms with Crippen molar-refractivity contribution in [2.24, 2.45) is 0 Å². The maximum absolute atomic E-state index is 11.4. The average molecular weight is 246 g/mol. The second kappa shape index (κ2) is 5.25. The third kappa shape index (κ3) is 2.55. The number of methoxy groups -OCH3 is 1. The van der Waals surface area contributed by atoms with Crippen LogP contribution in [0.4, 0.5) is 0 Å². The fraction of sp³-hybridized carbons (Fsp3) is 0.400. The quantitative estimate of drug-likeness (QED) is 0.594. The van der Waals surface area contributed by atoms with Crippen LogP contribution in [-0.4, -0.2) is 19.7 Å². The molecule has 3 heteroatoms. The van der Waals surface area contributed by atoms with Crippen LogP contribution in [0.5, 0.6) is 5.75 Å². The van der Waals surface area contributed by atoms with E-state index in [1.54, 1.807) is 6.08 Å². The third-order valence-corrected chi connectivity index (χ3v) is 3.14. The maximum atomic E-state index is 11.4. The van der Waals surface area contributed by atoms with E-state index in [0.717, 1.165) is 23.3 Å². The number of carbonyl (C=O) groups excluding carboxylic acids is 1. The topological polar surface area (TPSA) is 35.5 Å². The molecule has 1 aromatic rings. The summed E-state index contributed by atoms with van der Waals surface area (Å²) >= 11 is 0. The molecule has 0 amide bonds. The molecule has 0 N–H and O–H groups in total. The highest BCUT2D eigenvalue weighted by Crippen LogP contribution is 2.35. The van der Waals surface area contributed by atoms with Crippen LogP contribution in [-0.2, 0) is 9.53 Å². The molecular formula is C15H18O3. The van der Waals surface area contributed by atoms with Gasteiger partial charge in [0.25, 0.3) is 0 Å². The van der Waals surface area contributed by atoms with E-state index < -0.39 is 0 Å². The van der Waals surface area contributed by atoms with Crippen molar-refractivity contribution in [1.82, 2.24) is 0 Å². The SMILES string of the molecule is COC(=O)/C=C1/CCOc2ccc(C(C)C)cc21. The number of hydrogen-bond donors (Lipinski definition) is 0. The van der Waals surface area contributed by atoms with Crippen molar-refractivity contribution in [3.63, 3.8) is 0 Å². The van der Waals surface area contributed by atoms with Gasteiger partial charge in [0.2, 0.25) is 0 Å². The van der Waals surface area contributed by atoms with Crippen LogP contribution in [0.3, 0.4) is 0 Å². The molecule has 3 nitrogen and oxygen atoms in total. The van der Waals surface area contributed by atoms with Crippen LogP contribution in [0.2, 0.25) is 0 Å². The number of ether oxygens (including phenoxy) is 2. The zero-order valence-corrected chi connectivity index (χ0v) is 11.0. The Hall–Kier alpha value is -1.77. The van der Waals surface area contributed by atoms with E-state index in [1.807, 2.05) is 6.07 Å². The summed E-state index contributed by atoms with van der Waals surface area (Å²) in [6.07, 6.45) is 2.30. The predicted octanol–water partition coefficient (Wildman–Crippen LogP) is 3.15. The molecular weight excluding hydrogens is 228 g/mol. The highest BCUT2D eigenvalue weighted by molar-refractivity contribution is 5.92. The van der Waals surface area contributed by atoms with E-state index in [0.29, 0.717) is 12.5 Å². The summed E-state index contributed by atoms with van der Waals surface area (Å²) in [5, 5.41) is 0. The van der Waals surface area contributed by atoms with Gasteiger partial charge in [0.15, 0.2) is 0 Å². The van der Waals surface area contributed by atoms with Crippen molar-refractivity contribution in [2.45, 2.75) is 26.2 Å². The molecule has 18 heavy (non-hydrogen) atoms. The first-order chi connectivity index (χ1) is 8.61. The van der Waals surface area contributed by atoms with Gasteiger partial charge in [-0.1, -0.05) is 19.9 Å². The van der Waals surface area contributed by atoms with Crippen LogP contribution in [0.25, 0.3) is 5.57 Å². The summed E-state index contributed by atoms with van der Waals surface area (Å²) in [6, 6.07) is 6.16. The van der Waals surface area contributed by atoms with E-state index in [-0.39, 0.29) is 5.97 Å². The molecule has 0 saturated carbocycles. The van der Waals surface area contributed by atoms with Gasteiger partial charge < -0.3 is 9.47 Å². The van der Waals surface area contributed by atoms with E-state index in [4.69, 9.17) is 4.74 Å². The Morgan fingerprint density at radius 2 is 2.22 bits per heavy atom. The normalized spacial score (nSPS) is 16.3. The lowest BCUT2D eigenvalue weighted by atomic mass is 9.94. The van der Waals surface area contributed by atoms with Crippen LogP contribution in [0.1, 0.15) is 37.3 Å². The second-order valence-electron chi connectivity index (χ2n) is 4.70. The Labute approximate surface area is 107 Å². The second-order valence-corrected chi connectivity index (χ2v) is 4.70. The van der Waals surface area contributed by atoms with Crippen LogP contribution < -0.4 is 4.74 Å². The third-order valence-electron chi connectivity index (χ3n) is 3.14. The molecule has 0 aliphatic carbocycles. The minimum Gasteiger partial charge on any atom is -0.493 e. The van der Waals surface area contributed by atoms with E-state index in [2.05, 4.69) is 30.7 Å². The Balaban J connectivity index is 2.43. The standard InChI is InChI=1S/C15H18O3/c1-10(2)11-4-5-14-13(8-11)12(6-7-18-14)9-15(16)17-3/h4-5,8-10H,6-7H2,1-3H3/b12-9-. The zero-order chi connectivity index (χ0) is 13.1. The lowest BCUT2D eigenvalue weighted by molar-refractivity contribution is -0.134. The van der Waals surface area contributed by atoms with Crippen molar-refractivity contribution in [3.05, 3.63) is 35.4 Å². The summed E-state index contributed by atoms with van der Waals surface area (Å²) in [4.78, 5) is 11.4. The largest absolute Gasteiger partial charge is 0.493 e. The molecule has 0 spiro atoms. The van der Waals surface area contributed by atoms with Gasteiger partial charge in [0.1, 0.15) is 5.75 Å². The molecule has 1 aliphatic heterocycles. The molecule has 96 valence electrons. The summed E-state index contributed by atoms with van der Waals surface area (Å²) in [6.45, 7) is 4.90. The monoisotopic (exact) mass is 246 g/mol. The first-order valence-corrected chi connectivity index (χ1v) is 6.17. The molecule has 0 fully saturated rings. The van der Waals surface area contributed by atoms with Crippen molar-refractivity contribution >= 4 is 11.5 Å². The van der Waals surface area contributed by atoms with Gasteiger partial charge in [-0.05, 0) is 29.2 Å². The molecule has 0 saturated heterocycles. The zero-order valence-electron chi connectivity index (χ0n) is 11.0. The minimum atomic E-state index is -0.312. The maximum Gasteiger partial charge on any atom is 0.330 e. The van der Waals surface area contributed by atoms with Crippen molar-refractivity contribution in [3.8, 4) is 5.75 Å². The van der Waals surface area contributed by atoms with Gasteiger partial charge in [0.05, 0.1) is 13.7 Å². The molecule has 0 aromatic heterocycles. The van der Waals surface area contributed by atoms with Gasteiger partial charge in [-0.15, -0.1) is 0 Å². The Morgan fingerprint density at radius 3 is 2.89 bits per heavy atom. The smallest absolute Gasteiger partial charge is 0.330 e. The number of esters is 1. The molecule has 0 unspecified atom stereocenters. The minimum absolute atomic E-state index is 0.312. The van der Waals surface area contributed by atoms with Crippen LogP contribution in [0.15, 0.2) is 24.3 Å². The van der Waals surface area contributed by atoms with Gasteiger partial charge >= 0.3 is 5.97 Å². The molecule has 2 rings (SSSR count). The molecule has 0 atom stereocenters. The summed E-state index contributed by atoms with van der Waals surface area (Å²) in [5.41, 5.74) is 3.25. The lowest BCUT2D eigenvalue weighted by Crippen LogP contribution is -2.10. The average Bonchev–Trinajstić information content (AvgIpc) is 2.38. The highest BCUT2D eigenvalue weighted by Gasteiger charge is 2.17. The highest BCUT2D eigenvalue weighted by atomic mass is 16.5. The Morgan fingerprint density at radius 1 is 1.44 bits per heavy atom. The van der Waals surface area contributed by atoms with E-state index >= 15 is 0 Å². The van der Waals surface area contributed by atoms with Gasteiger partial charge in [-0.2, -0.15) is 0 Å². The number of rotatable bonds is 2. The molecule has 1 aliphatic rings. The molecule has 1 aromatic carbocycles. The van der Waals surface area contributed by atoms with Crippen molar-refractivity contribution < 1.29 is 14.3 Å². The van der Waals surface area contributed by atoms with Gasteiger partial charge in [-0.3, -0.25) is 0 Å². The van der Waals surface area contributed by atoms with Gasteiger partial charge in [-0.25, -0.2) is 4.79 Å². The van der Waals surface area contributed by atoms with Crippen LogP contribution >= 0.6 is 0 Å². The first kappa shape index (κ1) is 12.7. The molecule has 1 heterocycles.